The van der Waals surface area contributed by atoms with E-state index < -0.39 is 0 Å². The third-order valence-electron chi connectivity index (χ3n) is 3.07. The molecule has 0 aromatic carbocycles. The normalized spacial score (nSPS) is 31.5. The SMILES string of the molecule is CCCCC1=CC(F)=C(P)C2CC12. The van der Waals surface area contributed by atoms with Gasteiger partial charge in [0.2, 0.25) is 0 Å². The first kappa shape index (κ1) is 9.40. The molecule has 0 saturated heterocycles. The number of fused-ring (bicyclic) bond motifs is 1. The molecular formula is C11H16FP. The van der Waals surface area contributed by atoms with Gasteiger partial charge in [-0.2, -0.15) is 0 Å². The Morgan fingerprint density at radius 2 is 2.31 bits per heavy atom. The molecule has 2 aliphatic carbocycles. The number of hydrogen-bond acceptors (Lipinski definition) is 0. The van der Waals surface area contributed by atoms with E-state index in [1.165, 1.54) is 24.8 Å². The van der Waals surface area contributed by atoms with E-state index in [1.807, 2.05) is 0 Å². The van der Waals surface area contributed by atoms with Crippen LogP contribution in [0, 0.1) is 11.8 Å². The Labute approximate surface area is 81.5 Å². The van der Waals surface area contributed by atoms with E-state index in [0.717, 1.165) is 11.7 Å². The maximum absolute atomic E-state index is 13.3. The van der Waals surface area contributed by atoms with Crippen LogP contribution < -0.4 is 0 Å². The summed E-state index contributed by atoms with van der Waals surface area (Å²) in [6.07, 6.45) is 6.46. The maximum Gasteiger partial charge on any atom is 0.126 e. The van der Waals surface area contributed by atoms with Crippen LogP contribution in [0.1, 0.15) is 32.6 Å². The van der Waals surface area contributed by atoms with E-state index in [1.54, 1.807) is 6.08 Å². The van der Waals surface area contributed by atoms with Crippen molar-refractivity contribution >= 4 is 9.24 Å². The minimum Gasteiger partial charge on any atom is -0.207 e. The molecule has 3 atom stereocenters. The lowest BCUT2D eigenvalue weighted by Crippen LogP contribution is -1.97. The molecule has 0 aromatic heterocycles. The summed E-state index contributed by atoms with van der Waals surface area (Å²) in [5.74, 6) is 1.23. The van der Waals surface area contributed by atoms with Gasteiger partial charge in [-0.25, -0.2) is 4.39 Å². The highest BCUT2D eigenvalue weighted by atomic mass is 31.0. The number of unbranched alkanes of at least 4 members (excludes halogenated alkanes) is 1. The van der Waals surface area contributed by atoms with Gasteiger partial charge >= 0.3 is 0 Å². The lowest BCUT2D eigenvalue weighted by Gasteiger charge is -2.12. The van der Waals surface area contributed by atoms with Gasteiger partial charge in [0.25, 0.3) is 0 Å². The van der Waals surface area contributed by atoms with Crippen molar-refractivity contribution < 1.29 is 4.39 Å². The standard InChI is InChI=1S/C11H16FP/c1-2-3-4-7-5-10(12)11(13)9-6-8(7)9/h5,8-9H,2-4,6,13H2,1H3. The quantitative estimate of drug-likeness (QED) is 0.605. The van der Waals surface area contributed by atoms with Gasteiger partial charge in [-0.3, -0.25) is 0 Å². The lowest BCUT2D eigenvalue weighted by atomic mass is 9.99. The predicted molar refractivity (Wildman–Crippen MR) is 57.0 cm³/mol. The minimum atomic E-state index is 0.00912. The molecule has 2 rings (SSSR count). The number of halogens is 1. The van der Waals surface area contributed by atoms with E-state index in [2.05, 4.69) is 16.2 Å². The van der Waals surface area contributed by atoms with Crippen LogP contribution in [0.15, 0.2) is 22.8 Å². The van der Waals surface area contributed by atoms with E-state index in [0.29, 0.717) is 11.8 Å². The summed E-state index contributed by atoms with van der Waals surface area (Å²) in [5, 5.41) is 0.908. The summed E-state index contributed by atoms with van der Waals surface area (Å²) < 4.78 is 13.3. The molecule has 3 unspecified atom stereocenters. The van der Waals surface area contributed by atoms with E-state index in [4.69, 9.17) is 0 Å². The van der Waals surface area contributed by atoms with Crippen molar-refractivity contribution in [2.24, 2.45) is 11.8 Å². The molecule has 72 valence electrons. The highest BCUT2D eigenvalue weighted by Gasteiger charge is 2.44. The van der Waals surface area contributed by atoms with Crippen LogP contribution in [-0.4, -0.2) is 0 Å². The molecule has 1 saturated carbocycles. The van der Waals surface area contributed by atoms with E-state index >= 15 is 0 Å². The number of allylic oxidation sites excluding steroid dienone is 4. The zero-order chi connectivity index (χ0) is 9.42. The van der Waals surface area contributed by atoms with Crippen molar-refractivity contribution in [2.45, 2.75) is 32.6 Å². The lowest BCUT2D eigenvalue weighted by molar-refractivity contribution is 0.627. The van der Waals surface area contributed by atoms with Crippen LogP contribution in [0.25, 0.3) is 0 Å². The maximum atomic E-state index is 13.3. The fourth-order valence-electron chi connectivity index (χ4n) is 2.12. The molecule has 0 heterocycles. The Hall–Kier alpha value is -0.160. The summed E-state index contributed by atoms with van der Waals surface area (Å²) in [4.78, 5) is 0. The molecule has 1 fully saturated rings. The first-order valence-corrected chi connectivity index (χ1v) is 5.67. The van der Waals surface area contributed by atoms with Crippen molar-refractivity contribution in [2.75, 3.05) is 0 Å². The van der Waals surface area contributed by atoms with Gasteiger partial charge < -0.3 is 0 Å². The second-order valence-electron chi connectivity index (χ2n) is 4.07. The number of rotatable bonds is 3. The van der Waals surface area contributed by atoms with Crippen LogP contribution >= 0.6 is 9.24 Å². The van der Waals surface area contributed by atoms with Gasteiger partial charge in [0, 0.05) is 0 Å². The van der Waals surface area contributed by atoms with Gasteiger partial charge in [-0.05, 0) is 42.5 Å². The monoisotopic (exact) mass is 198 g/mol. The van der Waals surface area contributed by atoms with Crippen molar-refractivity contribution in [3.8, 4) is 0 Å². The summed E-state index contributed by atoms with van der Waals surface area (Å²) in [7, 11) is 2.55. The topological polar surface area (TPSA) is 0 Å². The Bertz CT molecular complexity index is 278. The van der Waals surface area contributed by atoms with Gasteiger partial charge in [-0.1, -0.05) is 18.9 Å². The molecule has 13 heavy (non-hydrogen) atoms. The molecule has 0 amide bonds. The van der Waals surface area contributed by atoms with Gasteiger partial charge in [-0.15, -0.1) is 9.24 Å². The van der Waals surface area contributed by atoms with Crippen molar-refractivity contribution in [3.05, 3.63) is 22.8 Å². The van der Waals surface area contributed by atoms with E-state index in [9.17, 15) is 4.39 Å². The summed E-state index contributed by atoms with van der Waals surface area (Å²) in [5.41, 5.74) is 1.36. The third-order valence-corrected chi connectivity index (χ3v) is 3.78. The first-order valence-electron chi connectivity index (χ1n) is 5.09. The fourth-order valence-corrected chi connectivity index (χ4v) is 2.57. The molecule has 2 heteroatoms. The molecule has 0 spiro atoms. The van der Waals surface area contributed by atoms with Crippen molar-refractivity contribution in [3.63, 3.8) is 0 Å². The second-order valence-corrected chi connectivity index (χ2v) is 4.70. The molecule has 0 nitrogen and oxygen atoms in total. The Kier molecular flexibility index (Phi) is 2.55. The van der Waals surface area contributed by atoms with Crippen LogP contribution in [-0.2, 0) is 0 Å². The van der Waals surface area contributed by atoms with Crippen LogP contribution in [0.3, 0.4) is 0 Å². The zero-order valence-corrected chi connectivity index (χ0v) is 9.17. The van der Waals surface area contributed by atoms with Crippen LogP contribution in [0.2, 0.25) is 0 Å². The molecule has 0 aliphatic heterocycles. The van der Waals surface area contributed by atoms with Crippen LogP contribution in [0.5, 0.6) is 0 Å². The zero-order valence-electron chi connectivity index (χ0n) is 8.02. The molecular weight excluding hydrogens is 182 g/mol. The largest absolute Gasteiger partial charge is 0.207 e. The Morgan fingerprint density at radius 1 is 1.54 bits per heavy atom. The smallest absolute Gasteiger partial charge is 0.126 e. The van der Waals surface area contributed by atoms with Gasteiger partial charge in [0.1, 0.15) is 5.83 Å². The molecule has 0 bridgehead atoms. The molecule has 0 N–H and O–H groups in total. The molecule has 0 radical (unpaired) electrons. The summed E-state index contributed by atoms with van der Waals surface area (Å²) in [6.45, 7) is 2.18. The first-order chi connectivity index (χ1) is 6.24. The highest BCUT2D eigenvalue weighted by Crippen LogP contribution is 2.56. The van der Waals surface area contributed by atoms with Crippen molar-refractivity contribution in [1.29, 1.82) is 0 Å². The fraction of sp³-hybridized carbons (Fsp3) is 0.636. The van der Waals surface area contributed by atoms with E-state index in [-0.39, 0.29) is 5.83 Å². The predicted octanol–water partition coefficient (Wildman–Crippen LogP) is 3.81. The summed E-state index contributed by atoms with van der Waals surface area (Å²) >= 11 is 0. The van der Waals surface area contributed by atoms with Crippen molar-refractivity contribution in [1.82, 2.24) is 0 Å². The Morgan fingerprint density at radius 3 is 3.00 bits per heavy atom. The Balaban J connectivity index is 2.08. The molecule has 2 aliphatic rings. The highest BCUT2D eigenvalue weighted by molar-refractivity contribution is 7.22. The van der Waals surface area contributed by atoms with Gasteiger partial charge in [0.05, 0.1) is 0 Å². The van der Waals surface area contributed by atoms with Gasteiger partial charge in [0.15, 0.2) is 0 Å². The minimum absolute atomic E-state index is 0.00912. The average molecular weight is 198 g/mol. The third kappa shape index (κ3) is 1.72. The summed E-state index contributed by atoms with van der Waals surface area (Å²) in [6, 6.07) is 0. The average Bonchev–Trinajstić information content (AvgIpc) is 2.89. The molecule has 0 aromatic rings. The number of hydrogen-bond donors (Lipinski definition) is 0. The second kappa shape index (κ2) is 3.53. The van der Waals surface area contributed by atoms with Crippen LogP contribution in [0.4, 0.5) is 4.39 Å².